The van der Waals surface area contributed by atoms with Gasteiger partial charge in [0.25, 0.3) is 5.91 Å². The van der Waals surface area contributed by atoms with Crippen LogP contribution in [0.4, 0.5) is 5.69 Å². The van der Waals surface area contributed by atoms with Gasteiger partial charge in [0.2, 0.25) is 0 Å². The van der Waals surface area contributed by atoms with E-state index in [9.17, 15) is 4.79 Å². The van der Waals surface area contributed by atoms with Gasteiger partial charge in [-0.15, -0.1) is 0 Å². The van der Waals surface area contributed by atoms with Crippen LogP contribution in [0.25, 0.3) is 0 Å². The second-order valence-corrected chi connectivity index (χ2v) is 4.27. The third-order valence-corrected chi connectivity index (χ3v) is 2.99. The topological polar surface area (TPSA) is 54.0 Å². The van der Waals surface area contributed by atoms with Crippen LogP contribution in [-0.2, 0) is 0 Å². The fourth-order valence-electron chi connectivity index (χ4n) is 1.91. The summed E-state index contributed by atoms with van der Waals surface area (Å²) in [7, 11) is 1.80. The van der Waals surface area contributed by atoms with Gasteiger partial charge in [0.15, 0.2) is 0 Å². The number of nitrogens with one attached hydrogen (secondary N) is 2. The lowest BCUT2D eigenvalue weighted by atomic mass is 10.1. The van der Waals surface area contributed by atoms with E-state index >= 15 is 0 Å². The number of aromatic nitrogens is 1. The van der Waals surface area contributed by atoms with Gasteiger partial charge in [-0.25, -0.2) is 0 Å². The van der Waals surface area contributed by atoms with E-state index in [2.05, 4.69) is 15.6 Å². The summed E-state index contributed by atoms with van der Waals surface area (Å²) < 4.78 is 0. The summed E-state index contributed by atoms with van der Waals surface area (Å²) in [5.41, 5.74) is 2.50. The number of benzene rings is 1. The van der Waals surface area contributed by atoms with Crippen molar-refractivity contribution >= 4 is 11.6 Å². The van der Waals surface area contributed by atoms with Gasteiger partial charge in [0, 0.05) is 25.1 Å². The Hall–Kier alpha value is -2.36. The van der Waals surface area contributed by atoms with E-state index in [0.29, 0.717) is 5.56 Å². The second-order valence-electron chi connectivity index (χ2n) is 4.27. The van der Waals surface area contributed by atoms with Crippen LogP contribution in [0.5, 0.6) is 0 Å². The zero-order valence-corrected chi connectivity index (χ0v) is 11.1. The number of pyridine rings is 1. The van der Waals surface area contributed by atoms with Crippen molar-refractivity contribution in [2.24, 2.45) is 0 Å². The molecule has 1 unspecified atom stereocenters. The molecule has 2 N–H and O–H groups in total. The quantitative estimate of drug-likeness (QED) is 0.883. The van der Waals surface area contributed by atoms with Gasteiger partial charge in [-0.05, 0) is 36.8 Å². The Bertz CT molecular complexity index is 554. The van der Waals surface area contributed by atoms with E-state index in [0.717, 1.165) is 11.3 Å². The van der Waals surface area contributed by atoms with Gasteiger partial charge >= 0.3 is 0 Å². The third kappa shape index (κ3) is 3.10. The highest BCUT2D eigenvalue weighted by Gasteiger charge is 2.13. The SMILES string of the molecule is CNc1ccccc1C(=O)NC(C)c1ccncc1. The monoisotopic (exact) mass is 255 g/mol. The largest absolute Gasteiger partial charge is 0.387 e. The molecule has 0 aliphatic heterocycles. The Morgan fingerprint density at radius 3 is 2.53 bits per heavy atom. The average Bonchev–Trinajstić information content (AvgIpc) is 2.48. The van der Waals surface area contributed by atoms with Crippen LogP contribution < -0.4 is 10.6 Å². The van der Waals surface area contributed by atoms with Crippen LogP contribution in [0.2, 0.25) is 0 Å². The van der Waals surface area contributed by atoms with Crippen molar-refractivity contribution < 1.29 is 4.79 Å². The highest BCUT2D eigenvalue weighted by molar-refractivity contribution is 5.99. The molecule has 0 aliphatic carbocycles. The van der Waals surface area contributed by atoms with Crippen molar-refractivity contribution in [3.05, 3.63) is 59.9 Å². The maximum Gasteiger partial charge on any atom is 0.253 e. The minimum Gasteiger partial charge on any atom is -0.387 e. The lowest BCUT2D eigenvalue weighted by Gasteiger charge is -2.15. The van der Waals surface area contributed by atoms with Crippen molar-refractivity contribution in [3.8, 4) is 0 Å². The van der Waals surface area contributed by atoms with Crippen molar-refractivity contribution in [2.45, 2.75) is 13.0 Å². The molecule has 1 atom stereocenters. The predicted molar refractivity (Wildman–Crippen MR) is 76.1 cm³/mol. The van der Waals surface area contributed by atoms with E-state index in [-0.39, 0.29) is 11.9 Å². The molecule has 1 aromatic carbocycles. The smallest absolute Gasteiger partial charge is 0.253 e. The molecular weight excluding hydrogens is 238 g/mol. The number of rotatable bonds is 4. The Morgan fingerprint density at radius 1 is 1.16 bits per heavy atom. The van der Waals surface area contributed by atoms with Crippen molar-refractivity contribution in [1.29, 1.82) is 0 Å². The van der Waals surface area contributed by atoms with E-state index in [1.165, 1.54) is 0 Å². The zero-order chi connectivity index (χ0) is 13.7. The normalized spacial score (nSPS) is 11.7. The van der Waals surface area contributed by atoms with E-state index in [1.54, 1.807) is 25.5 Å². The molecule has 1 aromatic heterocycles. The summed E-state index contributed by atoms with van der Waals surface area (Å²) in [6.07, 6.45) is 3.44. The van der Waals surface area contributed by atoms with Gasteiger partial charge in [0.05, 0.1) is 11.6 Å². The molecule has 2 rings (SSSR count). The highest BCUT2D eigenvalue weighted by Crippen LogP contribution is 2.16. The number of nitrogens with zero attached hydrogens (tertiary/aromatic N) is 1. The maximum atomic E-state index is 12.2. The third-order valence-electron chi connectivity index (χ3n) is 2.99. The Labute approximate surface area is 112 Å². The first-order chi connectivity index (χ1) is 9.22. The van der Waals surface area contributed by atoms with Crippen molar-refractivity contribution in [1.82, 2.24) is 10.3 Å². The molecule has 1 heterocycles. The lowest BCUT2D eigenvalue weighted by molar-refractivity contribution is 0.0940. The summed E-state index contributed by atoms with van der Waals surface area (Å²) in [4.78, 5) is 16.2. The van der Waals surface area contributed by atoms with Gasteiger partial charge in [0.1, 0.15) is 0 Å². The molecule has 98 valence electrons. The van der Waals surface area contributed by atoms with E-state index in [1.807, 2.05) is 37.3 Å². The van der Waals surface area contributed by atoms with Crippen molar-refractivity contribution in [2.75, 3.05) is 12.4 Å². The number of carbonyl (C=O) groups excluding carboxylic acids is 1. The number of anilines is 1. The molecular formula is C15H17N3O. The predicted octanol–water partition coefficient (Wildman–Crippen LogP) is 2.61. The molecule has 4 nitrogen and oxygen atoms in total. The molecule has 0 bridgehead atoms. The van der Waals surface area contributed by atoms with Crippen LogP contribution in [0.3, 0.4) is 0 Å². The zero-order valence-electron chi connectivity index (χ0n) is 11.1. The first-order valence-electron chi connectivity index (χ1n) is 6.20. The average molecular weight is 255 g/mol. The van der Waals surface area contributed by atoms with Crippen LogP contribution >= 0.6 is 0 Å². The number of carbonyl (C=O) groups is 1. The Morgan fingerprint density at radius 2 is 1.84 bits per heavy atom. The maximum absolute atomic E-state index is 12.2. The fourth-order valence-corrected chi connectivity index (χ4v) is 1.91. The van der Waals surface area contributed by atoms with Gasteiger partial charge in [-0.2, -0.15) is 0 Å². The number of hydrogen-bond donors (Lipinski definition) is 2. The first-order valence-corrected chi connectivity index (χ1v) is 6.20. The standard InChI is InChI=1S/C15H17N3O/c1-11(12-7-9-17-10-8-12)18-15(19)13-5-3-4-6-14(13)16-2/h3-11,16H,1-2H3,(H,18,19). The van der Waals surface area contributed by atoms with Gasteiger partial charge < -0.3 is 10.6 Å². The van der Waals surface area contributed by atoms with Crippen LogP contribution in [-0.4, -0.2) is 17.9 Å². The Kier molecular flexibility index (Phi) is 4.13. The van der Waals surface area contributed by atoms with Crippen LogP contribution in [0, 0.1) is 0 Å². The minimum atomic E-state index is -0.0886. The van der Waals surface area contributed by atoms with E-state index in [4.69, 9.17) is 0 Å². The molecule has 19 heavy (non-hydrogen) atoms. The molecule has 0 aliphatic rings. The molecule has 0 fully saturated rings. The molecule has 2 aromatic rings. The van der Waals surface area contributed by atoms with Crippen LogP contribution in [0.15, 0.2) is 48.8 Å². The number of para-hydroxylation sites is 1. The molecule has 0 radical (unpaired) electrons. The summed E-state index contributed by atoms with van der Waals surface area (Å²) in [5, 5.41) is 6.00. The fraction of sp³-hybridized carbons (Fsp3) is 0.200. The summed E-state index contributed by atoms with van der Waals surface area (Å²) in [6, 6.07) is 11.2. The second kappa shape index (κ2) is 6.00. The number of amides is 1. The molecule has 0 spiro atoms. The van der Waals surface area contributed by atoms with Gasteiger partial charge in [-0.1, -0.05) is 12.1 Å². The highest BCUT2D eigenvalue weighted by atomic mass is 16.1. The minimum absolute atomic E-state index is 0.0552. The summed E-state index contributed by atoms with van der Waals surface area (Å²) >= 11 is 0. The number of hydrogen-bond acceptors (Lipinski definition) is 3. The summed E-state index contributed by atoms with van der Waals surface area (Å²) in [6.45, 7) is 1.95. The molecule has 0 saturated carbocycles. The summed E-state index contributed by atoms with van der Waals surface area (Å²) in [5.74, 6) is -0.0886. The van der Waals surface area contributed by atoms with Crippen molar-refractivity contribution in [3.63, 3.8) is 0 Å². The Balaban J connectivity index is 2.13. The van der Waals surface area contributed by atoms with Gasteiger partial charge in [-0.3, -0.25) is 9.78 Å². The molecule has 4 heteroatoms. The molecule has 1 amide bonds. The van der Waals surface area contributed by atoms with Crippen LogP contribution in [0.1, 0.15) is 28.9 Å². The molecule has 0 saturated heterocycles. The first kappa shape index (κ1) is 13.1. The lowest BCUT2D eigenvalue weighted by Crippen LogP contribution is -2.27. The van der Waals surface area contributed by atoms with E-state index < -0.39 is 0 Å².